The third-order valence-corrected chi connectivity index (χ3v) is 4.87. The number of hydrogen-bond acceptors (Lipinski definition) is 5. The molecule has 3 N–H and O–H groups in total. The Morgan fingerprint density at radius 1 is 1.20 bits per heavy atom. The number of aryl methyl sites for hydroxylation is 2. The second-order valence-corrected chi connectivity index (χ2v) is 6.77. The first-order valence-electron chi connectivity index (χ1n) is 7.03. The van der Waals surface area contributed by atoms with Crippen LogP contribution in [0.2, 0.25) is 0 Å². The van der Waals surface area contributed by atoms with Crippen molar-refractivity contribution >= 4 is 26.7 Å². The van der Waals surface area contributed by atoms with Crippen molar-refractivity contribution in [2.24, 2.45) is 0 Å². The third kappa shape index (κ3) is 2.66. The van der Waals surface area contributed by atoms with Gasteiger partial charge in [0, 0.05) is 6.04 Å². The van der Waals surface area contributed by atoms with Crippen LogP contribution in [-0.2, 0) is 0 Å². The molecule has 1 saturated carbocycles. The molecule has 108 valence electrons. The van der Waals surface area contributed by atoms with Crippen LogP contribution in [0, 0.1) is 13.8 Å². The molecule has 0 saturated heterocycles. The number of aliphatic hydroxyl groups is 2. The topological polar surface area (TPSA) is 65.4 Å². The second-order valence-electron chi connectivity index (χ2n) is 5.74. The van der Waals surface area contributed by atoms with E-state index in [0.29, 0.717) is 12.8 Å². The SMILES string of the molecule is Cc1cc(C)c2nc(NC3CC[C@@H](O)[C@@H](O)C3)sc2c1. The zero-order valence-electron chi connectivity index (χ0n) is 11.8. The Kier molecular flexibility index (Phi) is 3.67. The highest BCUT2D eigenvalue weighted by Crippen LogP contribution is 2.31. The molecule has 4 nitrogen and oxygen atoms in total. The van der Waals surface area contributed by atoms with Gasteiger partial charge in [-0.3, -0.25) is 0 Å². The highest BCUT2D eigenvalue weighted by atomic mass is 32.1. The van der Waals surface area contributed by atoms with E-state index < -0.39 is 12.2 Å². The summed E-state index contributed by atoms with van der Waals surface area (Å²) in [5.74, 6) is 0. The van der Waals surface area contributed by atoms with E-state index in [-0.39, 0.29) is 6.04 Å². The molecule has 3 rings (SSSR count). The number of thiazole rings is 1. The number of rotatable bonds is 2. The highest BCUT2D eigenvalue weighted by Gasteiger charge is 2.27. The molecule has 0 amide bonds. The van der Waals surface area contributed by atoms with Crippen molar-refractivity contribution < 1.29 is 10.2 Å². The lowest BCUT2D eigenvalue weighted by Crippen LogP contribution is -2.39. The van der Waals surface area contributed by atoms with Crippen LogP contribution in [0.4, 0.5) is 5.13 Å². The largest absolute Gasteiger partial charge is 0.390 e. The van der Waals surface area contributed by atoms with Crippen LogP contribution in [0.5, 0.6) is 0 Å². The van der Waals surface area contributed by atoms with Gasteiger partial charge >= 0.3 is 0 Å². The number of hydrogen-bond donors (Lipinski definition) is 3. The van der Waals surface area contributed by atoms with E-state index in [1.807, 2.05) is 0 Å². The van der Waals surface area contributed by atoms with E-state index in [1.54, 1.807) is 11.3 Å². The zero-order valence-corrected chi connectivity index (χ0v) is 12.6. The molecule has 0 radical (unpaired) electrons. The molecular weight excluding hydrogens is 272 g/mol. The average Bonchev–Trinajstić information content (AvgIpc) is 2.76. The van der Waals surface area contributed by atoms with E-state index >= 15 is 0 Å². The molecule has 1 heterocycles. The van der Waals surface area contributed by atoms with Crippen molar-refractivity contribution in [1.29, 1.82) is 0 Å². The van der Waals surface area contributed by atoms with E-state index in [2.05, 4.69) is 36.3 Å². The maximum atomic E-state index is 9.74. The van der Waals surface area contributed by atoms with Crippen LogP contribution in [0.15, 0.2) is 12.1 Å². The number of fused-ring (bicyclic) bond motifs is 1. The number of aromatic nitrogens is 1. The molecule has 2 aromatic rings. The molecule has 5 heteroatoms. The van der Waals surface area contributed by atoms with Gasteiger partial charge in [-0.15, -0.1) is 0 Å². The van der Waals surface area contributed by atoms with E-state index in [4.69, 9.17) is 0 Å². The third-order valence-electron chi connectivity index (χ3n) is 3.94. The summed E-state index contributed by atoms with van der Waals surface area (Å²) in [5.41, 5.74) is 3.50. The normalized spacial score (nSPS) is 26.9. The first-order valence-corrected chi connectivity index (χ1v) is 7.85. The molecule has 1 unspecified atom stereocenters. The number of aliphatic hydroxyl groups excluding tert-OH is 2. The number of nitrogens with one attached hydrogen (secondary N) is 1. The summed E-state index contributed by atoms with van der Waals surface area (Å²) >= 11 is 1.65. The van der Waals surface area contributed by atoms with Gasteiger partial charge in [0.2, 0.25) is 0 Å². The smallest absolute Gasteiger partial charge is 0.184 e. The first-order chi connectivity index (χ1) is 9.52. The molecule has 3 atom stereocenters. The molecule has 0 spiro atoms. The molecule has 1 aromatic carbocycles. The van der Waals surface area contributed by atoms with Gasteiger partial charge in [0.05, 0.1) is 22.4 Å². The first kappa shape index (κ1) is 13.8. The number of nitrogens with zero attached hydrogens (tertiary/aromatic N) is 1. The summed E-state index contributed by atoms with van der Waals surface area (Å²) in [6.07, 6.45) is 0.885. The van der Waals surface area contributed by atoms with Gasteiger partial charge in [0.1, 0.15) is 0 Å². The van der Waals surface area contributed by atoms with E-state index in [1.165, 1.54) is 15.8 Å². The van der Waals surface area contributed by atoms with Crippen LogP contribution in [0.25, 0.3) is 10.2 Å². The van der Waals surface area contributed by atoms with Gasteiger partial charge in [0.15, 0.2) is 5.13 Å². The van der Waals surface area contributed by atoms with Crippen molar-refractivity contribution in [2.75, 3.05) is 5.32 Å². The monoisotopic (exact) mass is 292 g/mol. The van der Waals surface area contributed by atoms with Crippen molar-refractivity contribution in [3.63, 3.8) is 0 Å². The summed E-state index contributed by atoms with van der Waals surface area (Å²) < 4.78 is 1.20. The molecule has 0 aliphatic heterocycles. The Morgan fingerprint density at radius 3 is 2.75 bits per heavy atom. The molecular formula is C15H20N2O2S. The van der Waals surface area contributed by atoms with Crippen LogP contribution < -0.4 is 5.32 Å². The van der Waals surface area contributed by atoms with Gasteiger partial charge in [-0.1, -0.05) is 17.4 Å². The fourth-order valence-corrected chi connectivity index (χ4v) is 3.99. The lowest BCUT2D eigenvalue weighted by molar-refractivity contribution is -0.0119. The maximum absolute atomic E-state index is 9.74. The Morgan fingerprint density at radius 2 is 2.00 bits per heavy atom. The van der Waals surface area contributed by atoms with E-state index in [9.17, 15) is 10.2 Å². The van der Waals surface area contributed by atoms with Crippen LogP contribution in [0.3, 0.4) is 0 Å². The Balaban J connectivity index is 1.80. The lowest BCUT2D eigenvalue weighted by Gasteiger charge is -2.30. The van der Waals surface area contributed by atoms with Crippen molar-refractivity contribution in [3.05, 3.63) is 23.3 Å². The number of anilines is 1. The second kappa shape index (κ2) is 5.31. The predicted molar refractivity (Wildman–Crippen MR) is 82.4 cm³/mol. The fraction of sp³-hybridized carbons (Fsp3) is 0.533. The molecule has 1 fully saturated rings. The molecule has 1 aliphatic rings. The van der Waals surface area contributed by atoms with Gasteiger partial charge < -0.3 is 15.5 Å². The van der Waals surface area contributed by atoms with Gasteiger partial charge in [-0.25, -0.2) is 4.98 Å². The van der Waals surface area contributed by atoms with Crippen molar-refractivity contribution in [3.8, 4) is 0 Å². The zero-order chi connectivity index (χ0) is 14.3. The molecule has 0 bridgehead atoms. The summed E-state index contributed by atoms with van der Waals surface area (Å²) in [7, 11) is 0. The summed E-state index contributed by atoms with van der Waals surface area (Å²) in [6, 6.07) is 4.49. The van der Waals surface area contributed by atoms with E-state index in [0.717, 1.165) is 17.1 Å². The van der Waals surface area contributed by atoms with Gasteiger partial charge in [-0.05, 0) is 50.3 Å². The van der Waals surface area contributed by atoms with Crippen LogP contribution >= 0.6 is 11.3 Å². The molecule has 1 aliphatic carbocycles. The summed E-state index contributed by atoms with van der Waals surface area (Å²) in [6.45, 7) is 4.18. The maximum Gasteiger partial charge on any atom is 0.184 e. The van der Waals surface area contributed by atoms with Crippen molar-refractivity contribution in [1.82, 2.24) is 4.98 Å². The quantitative estimate of drug-likeness (QED) is 0.796. The van der Waals surface area contributed by atoms with Crippen LogP contribution in [0.1, 0.15) is 30.4 Å². The standard InChI is InChI=1S/C15H20N2O2S/c1-8-5-9(2)14-13(6-8)20-15(17-14)16-10-3-4-11(18)12(19)7-10/h5-6,10-12,18-19H,3-4,7H2,1-2H3,(H,16,17)/t10?,11-,12+/m1/s1. The number of benzene rings is 1. The minimum atomic E-state index is -0.625. The molecule has 1 aromatic heterocycles. The highest BCUT2D eigenvalue weighted by molar-refractivity contribution is 7.22. The Hall–Kier alpha value is -1.17. The summed E-state index contributed by atoms with van der Waals surface area (Å²) in [4.78, 5) is 4.65. The molecule has 20 heavy (non-hydrogen) atoms. The minimum Gasteiger partial charge on any atom is -0.390 e. The van der Waals surface area contributed by atoms with Gasteiger partial charge in [-0.2, -0.15) is 0 Å². The Labute approximate surface area is 122 Å². The van der Waals surface area contributed by atoms with Crippen LogP contribution in [-0.4, -0.2) is 33.4 Å². The fourth-order valence-electron chi connectivity index (χ4n) is 2.87. The Bertz CT molecular complexity index is 626. The minimum absolute atomic E-state index is 0.190. The summed E-state index contributed by atoms with van der Waals surface area (Å²) in [5, 5.41) is 23.6. The van der Waals surface area contributed by atoms with Gasteiger partial charge in [0.25, 0.3) is 0 Å². The lowest BCUT2D eigenvalue weighted by atomic mass is 9.91. The average molecular weight is 292 g/mol. The predicted octanol–water partition coefficient (Wildman–Crippen LogP) is 2.60. The van der Waals surface area contributed by atoms with Crippen molar-refractivity contribution in [2.45, 2.75) is 51.4 Å².